The van der Waals surface area contributed by atoms with Crippen LogP contribution in [0, 0.1) is 0 Å². The highest BCUT2D eigenvalue weighted by molar-refractivity contribution is 5.70. The minimum Gasteiger partial charge on any atom is -0.348 e. The summed E-state index contributed by atoms with van der Waals surface area (Å²) < 4.78 is 12.5. The first-order chi connectivity index (χ1) is 6.20. The number of carbonyl (C=O) groups is 1. The van der Waals surface area contributed by atoms with E-state index in [1.807, 2.05) is 30.3 Å². The van der Waals surface area contributed by atoms with E-state index in [1.165, 1.54) is 0 Å². The molecule has 2 amide bonds. The molecule has 0 aliphatic carbocycles. The second-order valence-electron chi connectivity index (χ2n) is 2.44. The van der Waals surface area contributed by atoms with Gasteiger partial charge in [-0.15, -0.1) is 0 Å². The number of carbonyl (C=O) groups excluding carboxylic acids is 1. The molecule has 0 unspecified atom stereocenters. The van der Waals surface area contributed by atoms with E-state index in [9.17, 15) is 9.28 Å². The van der Waals surface area contributed by atoms with Gasteiger partial charge in [0.15, 0.2) is 0 Å². The highest BCUT2D eigenvalue weighted by atomic mass is 19.2. The molecule has 1 aromatic rings. The lowest BCUT2D eigenvalue weighted by Crippen LogP contribution is -2.39. The van der Waals surface area contributed by atoms with Crippen molar-refractivity contribution in [1.82, 2.24) is 10.7 Å². The third-order valence-electron chi connectivity index (χ3n) is 1.46. The fraction of sp³-hybridized carbons (Fsp3) is 0.125. The summed E-state index contributed by atoms with van der Waals surface area (Å²) in [5, 5.41) is -0.243. The summed E-state index contributed by atoms with van der Waals surface area (Å²) in [5.41, 5.74) is 7.71. The molecule has 13 heavy (non-hydrogen) atoms. The summed E-state index contributed by atoms with van der Waals surface area (Å²) in [6.07, 6.45) is 0. The van der Waals surface area contributed by atoms with Gasteiger partial charge in [0.2, 0.25) is 0 Å². The first-order valence-corrected chi connectivity index (χ1v) is 3.73. The van der Waals surface area contributed by atoms with Gasteiger partial charge in [0, 0.05) is 6.54 Å². The van der Waals surface area contributed by atoms with Crippen molar-refractivity contribution in [3.8, 4) is 0 Å². The van der Waals surface area contributed by atoms with Crippen molar-refractivity contribution in [3.63, 3.8) is 0 Å². The van der Waals surface area contributed by atoms with Gasteiger partial charge in [0.05, 0.1) is 0 Å². The van der Waals surface area contributed by atoms with Crippen molar-refractivity contribution in [2.75, 3.05) is 0 Å². The Balaban J connectivity index is 2.39. The summed E-state index contributed by atoms with van der Waals surface area (Å²) >= 11 is 0. The molecule has 4 nitrogen and oxygen atoms in total. The van der Waals surface area contributed by atoms with Gasteiger partial charge in [-0.2, -0.15) is 5.43 Å². The standard InChI is InChI=1S/C8H10FN3O/c9-12(8(10)13)11-6-7-4-2-1-3-5-7/h1-5,11H,6H2,(H2,10,13). The Morgan fingerprint density at radius 1 is 1.46 bits per heavy atom. The zero-order valence-corrected chi connectivity index (χ0v) is 6.90. The normalized spacial score (nSPS) is 9.62. The number of hydrogen-bond donors (Lipinski definition) is 2. The van der Waals surface area contributed by atoms with Crippen molar-refractivity contribution in [2.45, 2.75) is 6.54 Å². The SMILES string of the molecule is NC(=O)N(F)NCc1ccccc1. The van der Waals surface area contributed by atoms with Gasteiger partial charge in [-0.1, -0.05) is 40.0 Å². The Bertz CT molecular complexity index is 278. The summed E-state index contributed by atoms with van der Waals surface area (Å²) in [7, 11) is 0. The number of amides is 2. The van der Waals surface area contributed by atoms with Crippen molar-refractivity contribution in [3.05, 3.63) is 35.9 Å². The number of nitrogens with two attached hydrogens (primary N) is 1. The highest BCUT2D eigenvalue weighted by Gasteiger charge is 2.05. The van der Waals surface area contributed by atoms with Gasteiger partial charge in [0.1, 0.15) is 0 Å². The molecule has 5 heteroatoms. The van der Waals surface area contributed by atoms with Crippen LogP contribution in [0.3, 0.4) is 0 Å². The molecular formula is C8H10FN3O. The van der Waals surface area contributed by atoms with Gasteiger partial charge in [-0.05, 0) is 5.56 Å². The van der Waals surface area contributed by atoms with Crippen LogP contribution in [-0.4, -0.2) is 11.3 Å². The number of benzene rings is 1. The largest absolute Gasteiger partial charge is 0.358 e. The number of urea groups is 1. The average Bonchev–Trinajstić information content (AvgIpc) is 2.15. The fourth-order valence-corrected chi connectivity index (χ4v) is 0.834. The van der Waals surface area contributed by atoms with Gasteiger partial charge in [-0.3, -0.25) is 0 Å². The molecule has 1 rings (SSSR count). The smallest absolute Gasteiger partial charge is 0.348 e. The predicted octanol–water partition coefficient (Wildman–Crippen LogP) is 0.956. The van der Waals surface area contributed by atoms with Crippen LogP contribution in [0.4, 0.5) is 9.28 Å². The van der Waals surface area contributed by atoms with Gasteiger partial charge in [-0.25, -0.2) is 4.79 Å². The lowest BCUT2D eigenvalue weighted by Gasteiger charge is -2.09. The number of primary amides is 1. The van der Waals surface area contributed by atoms with E-state index < -0.39 is 6.03 Å². The quantitative estimate of drug-likeness (QED) is 0.541. The molecule has 0 aromatic heterocycles. The Labute approximate surface area is 75.0 Å². The van der Waals surface area contributed by atoms with Crippen molar-refractivity contribution < 1.29 is 9.28 Å². The molecule has 0 aliphatic heterocycles. The Morgan fingerprint density at radius 3 is 2.62 bits per heavy atom. The van der Waals surface area contributed by atoms with Crippen LogP contribution in [0.25, 0.3) is 0 Å². The number of rotatable bonds is 3. The third kappa shape index (κ3) is 3.08. The van der Waals surface area contributed by atoms with Crippen LogP contribution >= 0.6 is 0 Å². The number of nitrogens with zero attached hydrogens (tertiary/aromatic N) is 1. The molecular weight excluding hydrogens is 173 g/mol. The van der Waals surface area contributed by atoms with Gasteiger partial charge in [0.25, 0.3) is 0 Å². The van der Waals surface area contributed by atoms with E-state index in [1.54, 1.807) is 0 Å². The van der Waals surface area contributed by atoms with Gasteiger partial charge < -0.3 is 5.73 Å². The number of nitrogens with one attached hydrogen (secondary N) is 1. The van der Waals surface area contributed by atoms with E-state index in [0.29, 0.717) is 0 Å². The van der Waals surface area contributed by atoms with Crippen LogP contribution in [0.5, 0.6) is 0 Å². The van der Waals surface area contributed by atoms with E-state index in [-0.39, 0.29) is 11.8 Å². The molecule has 0 saturated carbocycles. The monoisotopic (exact) mass is 183 g/mol. The Hall–Kier alpha value is -1.62. The molecule has 0 saturated heterocycles. The molecule has 70 valence electrons. The third-order valence-corrected chi connectivity index (χ3v) is 1.46. The first kappa shape index (κ1) is 9.47. The van der Waals surface area contributed by atoms with Crippen molar-refractivity contribution in [2.24, 2.45) is 5.73 Å². The second kappa shape index (κ2) is 4.42. The summed E-state index contributed by atoms with van der Waals surface area (Å²) in [6.45, 7) is 0.222. The molecule has 1 aromatic carbocycles. The molecule has 0 bridgehead atoms. The molecule has 0 spiro atoms. The zero-order valence-electron chi connectivity index (χ0n) is 6.90. The van der Waals surface area contributed by atoms with Crippen LogP contribution < -0.4 is 11.2 Å². The van der Waals surface area contributed by atoms with E-state index >= 15 is 0 Å². The van der Waals surface area contributed by atoms with E-state index in [4.69, 9.17) is 0 Å². The lowest BCUT2D eigenvalue weighted by molar-refractivity contribution is 0.0181. The molecule has 0 atom stereocenters. The van der Waals surface area contributed by atoms with Gasteiger partial charge >= 0.3 is 6.03 Å². The Morgan fingerprint density at radius 2 is 2.08 bits per heavy atom. The van der Waals surface area contributed by atoms with Crippen molar-refractivity contribution >= 4 is 6.03 Å². The van der Waals surface area contributed by atoms with Crippen LogP contribution in [0.15, 0.2) is 30.3 Å². The Kier molecular flexibility index (Phi) is 3.22. The first-order valence-electron chi connectivity index (χ1n) is 3.73. The van der Waals surface area contributed by atoms with Crippen LogP contribution in [0.2, 0.25) is 0 Å². The number of halogens is 1. The summed E-state index contributed by atoms with van der Waals surface area (Å²) in [6, 6.07) is 7.96. The van der Waals surface area contributed by atoms with E-state index in [2.05, 4.69) is 11.2 Å². The predicted molar refractivity (Wildman–Crippen MR) is 45.8 cm³/mol. The number of hydrogen-bond acceptors (Lipinski definition) is 2. The van der Waals surface area contributed by atoms with E-state index in [0.717, 1.165) is 5.56 Å². The minimum atomic E-state index is -1.16. The molecule has 0 aliphatic rings. The maximum Gasteiger partial charge on any atom is 0.358 e. The minimum absolute atomic E-state index is 0.222. The van der Waals surface area contributed by atoms with Crippen LogP contribution in [-0.2, 0) is 6.54 Å². The summed E-state index contributed by atoms with van der Waals surface area (Å²) in [4.78, 5) is 10.2. The maximum atomic E-state index is 12.5. The fourth-order valence-electron chi connectivity index (χ4n) is 0.834. The molecule has 0 fully saturated rings. The topological polar surface area (TPSA) is 58.4 Å². The van der Waals surface area contributed by atoms with Crippen molar-refractivity contribution in [1.29, 1.82) is 0 Å². The average molecular weight is 183 g/mol. The maximum absolute atomic E-state index is 12.5. The highest BCUT2D eigenvalue weighted by Crippen LogP contribution is 1.97. The molecule has 0 heterocycles. The molecule has 3 N–H and O–H groups in total. The second-order valence-corrected chi connectivity index (χ2v) is 2.44. The van der Waals surface area contributed by atoms with Crippen LogP contribution in [0.1, 0.15) is 5.56 Å². The zero-order chi connectivity index (χ0) is 9.68. The summed E-state index contributed by atoms with van der Waals surface area (Å²) in [5.74, 6) is 0. The lowest BCUT2D eigenvalue weighted by atomic mass is 10.2. The number of hydrazine groups is 1. The molecule has 0 radical (unpaired) electrons.